The Hall–Kier alpha value is -3.79. The van der Waals surface area contributed by atoms with Crippen LogP contribution in [0.5, 0.6) is 5.75 Å². The van der Waals surface area contributed by atoms with Gasteiger partial charge in [0.15, 0.2) is 11.6 Å². The second kappa shape index (κ2) is 8.93. The van der Waals surface area contributed by atoms with E-state index in [1.807, 2.05) is 61.5 Å². The summed E-state index contributed by atoms with van der Waals surface area (Å²) in [7, 11) is 1.75. The first kappa shape index (κ1) is 20.0. The summed E-state index contributed by atoms with van der Waals surface area (Å²) in [5, 5.41) is 19.8. The summed E-state index contributed by atoms with van der Waals surface area (Å²) in [4.78, 5) is 16.3. The average Bonchev–Trinajstić information content (AvgIpc) is 3.04. The van der Waals surface area contributed by atoms with Gasteiger partial charge in [-0.3, -0.25) is 4.79 Å². The van der Waals surface area contributed by atoms with Gasteiger partial charge < -0.3 is 19.1 Å². The lowest BCUT2D eigenvalue weighted by atomic mass is 10.2. The average molecular weight is 391 g/mol. The summed E-state index contributed by atoms with van der Waals surface area (Å²) < 4.78 is 12.3. The molecule has 0 saturated heterocycles. The van der Waals surface area contributed by atoms with Crippen molar-refractivity contribution < 1.29 is 19.4 Å². The van der Waals surface area contributed by atoms with E-state index in [-0.39, 0.29) is 24.4 Å². The Kier molecular flexibility index (Phi) is 6.15. The fourth-order valence-electron chi connectivity index (χ4n) is 2.86. The summed E-state index contributed by atoms with van der Waals surface area (Å²) in [6.45, 7) is 1.70. The molecule has 0 amide bonds. The van der Waals surface area contributed by atoms with E-state index < -0.39 is 12.6 Å². The maximum Gasteiger partial charge on any atom is 0.309 e. The maximum atomic E-state index is 11.9. The van der Waals surface area contributed by atoms with Crippen LogP contribution in [-0.2, 0) is 16.6 Å². The van der Waals surface area contributed by atoms with Crippen molar-refractivity contribution in [3.8, 4) is 11.8 Å². The molecule has 0 bridgehead atoms. The van der Waals surface area contributed by atoms with Crippen LogP contribution in [0.1, 0.15) is 17.8 Å². The number of hydrogen-bond acceptors (Lipinski definition) is 6. The lowest BCUT2D eigenvalue weighted by molar-refractivity contribution is -0.143. The number of esters is 1. The first-order valence-corrected chi connectivity index (χ1v) is 9.08. The molecule has 0 unspecified atom stereocenters. The van der Waals surface area contributed by atoms with Crippen LogP contribution in [0.2, 0.25) is 0 Å². The number of allylic oxidation sites excluding steroid dienone is 1. The van der Waals surface area contributed by atoms with Crippen LogP contribution in [0.25, 0.3) is 16.6 Å². The molecular weight excluding hydrogens is 370 g/mol. The zero-order valence-electron chi connectivity index (χ0n) is 16.3. The number of nitriles is 1. The van der Waals surface area contributed by atoms with Gasteiger partial charge in [-0.1, -0.05) is 24.3 Å². The number of benzene rings is 2. The van der Waals surface area contributed by atoms with Crippen molar-refractivity contribution >= 4 is 22.6 Å². The third kappa shape index (κ3) is 4.74. The SMILES string of the molecule is Cc1cccc(OCCC(=O)OC/C(O)=C(\C#N)c2nc3ccccc3n2C)c1. The summed E-state index contributed by atoms with van der Waals surface area (Å²) in [6, 6.07) is 16.8. The molecular formula is C22H21N3O4. The van der Waals surface area contributed by atoms with Crippen LogP contribution in [0, 0.1) is 18.3 Å². The normalized spacial score (nSPS) is 11.6. The molecule has 0 aliphatic heterocycles. The van der Waals surface area contributed by atoms with Gasteiger partial charge in [-0.15, -0.1) is 0 Å². The van der Waals surface area contributed by atoms with Gasteiger partial charge in [0.25, 0.3) is 0 Å². The fraction of sp³-hybridized carbons (Fsp3) is 0.227. The maximum absolute atomic E-state index is 11.9. The standard InChI is InChI=1S/C22H21N3O4/c1-15-6-5-7-16(12-15)28-11-10-21(27)29-14-20(26)17(13-23)22-24-18-8-3-4-9-19(18)25(22)2/h3-9,12,26H,10-11,14H2,1-2H3/b20-17-. The third-order valence-electron chi connectivity index (χ3n) is 4.35. The molecule has 0 fully saturated rings. The van der Waals surface area contributed by atoms with Gasteiger partial charge in [-0.25, -0.2) is 4.98 Å². The minimum Gasteiger partial charge on any atom is -0.507 e. The molecule has 0 atom stereocenters. The van der Waals surface area contributed by atoms with Crippen molar-refractivity contribution in [3.63, 3.8) is 0 Å². The van der Waals surface area contributed by atoms with Gasteiger partial charge in [0.2, 0.25) is 0 Å². The van der Waals surface area contributed by atoms with Crippen molar-refractivity contribution in [1.29, 1.82) is 5.26 Å². The zero-order valence-corrected chi connectivity index (χ0v) is 16.3. The monoisotopic (exact) mass is 391 g/mol. The Labute approximate surface area is 168 Å². The minimum atomic E-state index is -0.536. The summed E-state index contributed by atoms with van der Waals surface area (Å²) >= 11 is 0. The molecule has 1 aromatic heterocycles. The lowest BCUT2D eigenvalue weighted by Gasteiger charge is -2.08. The van der Waals surface area contributed by atoms with Crippen molar-refractivity contribution in [3.05, 3.63) is 65.7 Å². The van der Waals surface area contributed by atoms with Crippen LogP contribution >= 0.6 is 0 Å². The Morgan fingerprint density at radius 1 is 1.24 bits per heavy atom. The smallest absolute Gasteiger partial charge is 0.309 e. The first-order valence-electron chi connectivity index (χ1n) is 9.08. The molecule has 3 rings (SSSR count). The van der Waals surface area contributed by atoms with Gasteiger partial charge in [0, 0.05) is 7.05 Å². The van der Waals surface area contributed by atoms with Crippen LogP contribution in [0.15, 0.2) is 54.3 Å². The molecule has 29 heavy (non-hydrogen) atoms. The second-order valence-corrected chi connectivity index (χ2v) is 6.49. The quantitative estimate of drug-likeness (QED) is 0.375. The molecule has 2 aromatic carbocycles. The van der Waals surface area contributed by atoms with Crippen molar-refractivity contribution in [1.82, 2.24) is 9.55 Å². The number of carbonyl (C=O) groups is 1. The van der Waals surface area contributed by atoms with E-state index in [9.17, 15) is 15.2 Å². The molecule has 148 valence electrons. The number of aryl methyl sites for hydroxylation is 2. The number of aliphatic hydroxyl groups is 1. The van der Waals surface area contributed by atoms with Crippen LogP contribution in [-0.4, -0.2) is 33.8 Å². The first-order chi connectivity index (χ1) is 14.0. The predicted octanol–water partition coefficient (Wildman–Crippen LogP) is 3.69. The van der Waals surface area contributed by atoms with Crippen LogP contribution in [0.3, 0.4) is 0 Å². The zero-order chi connectivity index (χ0) is 20.8. The minimum absolute atomic E-state index is 0.0232. The summed E-state index contributed by atoms with van der Waals surface area (Å²) in [6.07, 6.45) is 0.0232. The predicted molar refractivity (Wildman–Crippen MR) is 108 cm³/mol. The van der Waals surface area contributed by atoms with E-state index in [4.69, 9.17) is 9.47 Å². The second-order valence-electron chi connectivity index (χ2n) is 6.49. The lowest BCUT2D eigenvalue weighted by Crippen LogP contribution is -2.13. The number of imidazole rings is 1. The number of nitrogens with zero attached hydrogens (tertiary/aromatic N) is 3. The summed E-state index contributed by atoms with van der Waals surface area (Å²) in [5.41, 5.74) is 2.56. The highest BCUT2D eigenvalue weighted by Crippen LogP contribution is 2.22. The number of aromatic nitrogens is 2. The molecule has 1 N–H and O–H groups in total. The van der Waals surface area contributed by atoms with Crippen molar-refractivity contribution in [2.45, 2.75) is 13.3 Å². The Morgan fingerprint density at radius 3 is 2.76 bits per heavy atom. The van der Waals surface area contributed by atoms with Gasteiger partial charge in [-0.2, -0.15) is 5.26 Å². The summed E-state index contributed by atoms with van der Waals surface area (Å²) in [5.74, 6) is 0.101. The van der Waals surface area contributed by atoms with Crippen LogP contribution < -0.4 is 4.74 Å². The van der Waals surface area contributed by atoms with E-state index in [2.05, 4.69) is 4.98 Å². The van der Waals surface area contributed by atoms with Crippen molar-refractivity contribution in [2.75, 3.05) is 13.2 Å². The highest BCUT2D eigenvalue weighted by atomic mass is 16.5. The number of carbonyl (C=O) groups excluding carboxylic acids is 1. The van der Waals surface area contributed by atoms with E-state index in [1.165, 1.54) is 0 Å². The number of aliphatic hydroxyl groups excluding tert-OH is 1. The number of rotatable bonds is 7. The number of hydrogen-bond donors (Lipinski definition) is 1. The molecule has 0 spiro atoms. The molecule has 0 saturated carbocycles. The third-order valence-corrected chi connectivity index (χ3v) is 4.35. The van der Waals surface area contributed by atoms with E-state index in [1.54, 1.807) is 11.6 Å². The molecule has 0 aliphatic carbocycles. The molecule has 7 nitrogen and oxygen atoms in total. The molecule has 7 heteroatoms. The molecule has 3 aromatic rings. The van der Waals surface area contributed by atoms with Gasteiger partial charge in [0.05, 0.1) is 24.1 Å². The largest absolute Gasteiger partial charge is 0.507 e. The molecule has 0 radical (unpaired) electrons. The highest BCUT2D eigenvalue weighted by molar-refractivity contribution is 5.83. The topological polar surface area (TPSA) is 97.4 Å². The number of fused-ring (bicyclic) bond motifs is 1. The molecule has 1 heterocycles. The Morgan fingerprint density at radius 2 is 2.03 bits per heavy atom. The van der Waals surface area contributed by atoms with Gasteiger partial charge in [0.1, 0.15) is 24.0 Å². The van der Waals surface area contributed by atoms with Crippen molar-refractivity contribution in [2.24, 2.45) is 7.05 Å². The van der Waals surface area contributed by atoms with E-state index in [0.29, 0.717) is 17.1 Å². The fourth-order valence-corrected chi connectivity index (χ4v) is 2.86. The number of para-hydroxylation sites is 2. The van der Waals surface area contributed by atoms with Gasteiger partial charge in [-0.05, 0) is 36.8 Å². The van der Waals surface area contributed by atoms with E-state index in [0.717, 1.165) is 11.1 Å². The number of ether oxygens (including phenoxy) is 2. The highest BCUT2D eigenvalue weighted by Gasteiger charge is 2.17. The Balaban J connectivity index is 1.60. The van der Waals surface area contributed by atoms with E-state index >= 15 is 0 Å². The Bertz CT molecular complexity index is 1110. The molecule has 0 aliphatic rings. The van der Waals surface area contributed by atoms with Crippen LogP contribution in [0.4, 0.5) is 0 Å². The van der Waals surface area contributed by atoms with Gasteiger partial charge >= 0.3 is 5.97 Å².